The summed E-state index contributed by atoms with van der Waals surface area (Å²) in [5, 5.41) is 0.482. The lowest BCUT2D eigenvalue weighted by atomic mass is 9.80. The summed E-state index contributed by atoms with van der Waals surface area (Å²) in [6.07, 6.45) is 0.580. The molecular weight excluding hydrogens is 406 g/mol. The van der Waals surface area contributed by atoms with Crippen LogP contribution >= 0.6 is 35.1 Å². The van der Waals surface area contributed by atoms with E-state index >= 15 is 0 Å². The van der Waals surface area contributed by atoms with Crippen LogP contribution in [0.4, 0.5) is 0 Å². The van der Waals surface area contributed by atoms with E-state index in [-0.39, 0.29) is 47.2 Å². The summed E-state index contributed by atoms with van der Waals surface area (Å²) in [7, 11) is 3.76. The molecule has 0 radical (unpaired) electrons. The number of carbonyl (C=O) groups is 3. The molecule has 0 aromatic heterocycles. The molecule has 144 valence electrons. The number of thioether (sulfide) groups is 2. The summed E-state index contributed by atoms with van der Waals surface area (Å²) < 4.78 is 6.03. The second kappa shape index (κ2) is 8.39. The highest BCUT2D eigenvalue weighted by molar-refractivity contribution is 8.26. The third kappa shape index (κ3) is 4.59. The minimum atomic E-state index is -0.445. The molecule has 1 saturated heterocycles. The zero-order chi connectivity index (χ0) is 19.7. The number of carbonyl (C=O) groups excluding carboxylic acids is 3. The predicted molar refractivity (Wildman–Crippen MR) is 109 cm³/mol. The summed E-state index contributed by atoms with van der Waals surface area (Å²) in [5.74, 6) is -0.809. The first-order chi connectivity index (χ1) is 12.8. The van der Waals surface area contributed by atoms with Crippen LogP contribution in [0.3, 0.4) is 0 Å². The summed E-state index contributed by atoms with van der Waals surface area (Å²) in [6, 6.07) is 7.27. The van der Waals surface area contributed by atoms with Crippen molar-refractivity contribution in [1.82, 2.24) is 4.90 Å². The van der Waals surface area contributed by atoms with Crippen molar-refractivity contribution in [2.24, 2.45) is 0 Å². The lowest BCUT2D eigenvalue weighted by molar-refractivity contribution is -0.143. The van der Waals surface area contributed by atoms with Gasteiger partial charge in [-0.1, -0.05) is 47.3 Å². The molecule has 1 aliphatic carbocycles. The molecular formula is C19H20ClNO4S2. The van der Waals surface area contributed by atoms with Gasteiger partial charge < -0.3 is 4.74 Å². The van der Waals surface area contributed by atoms with Gasteiger partial charge in [-0.05, 0) is 37.7 Å². The highest BCUT2D eigenvalue weighted by Gasteiger charge is 2.42. The Morgan fingerprint density at radius 3 is 2.22 bits per heavy atom. The molecule has 1 aromatic carbocycles. The zero-order valence-corrected chi connectivity index (χ0v) is 17.6. The summed E-state index contributed by atoms with van der Waals surface area (Å²) >= 11 is 8.62. The second-order valence-electron chi connectivity index (χ2n) is 6.73. The molecule has 2 atom stereocenters. The van der Waals surface area contributed by atoms with Crippen molar-refractivity contribution in [1.29, 1.82) is 0 Å². The molecule has 0 spiro atoms. The van der Waals surface area contributed by atoms with Gasteiger partial charge in [0.25, 0.3) is 0 Å². The van der Waals surface area contributed by atoms with Crippen molar-refractivity contribution in [3.8, 4) is 0 Å². The quantitative estimate of drug-likeness (QED) is 0.414. The van der Waals surface area contributed by atoms with Crippen molar-refractivity contribution >= 4 is 52.7 Å². The van der Waals surface area contributed by atoms with E-state index in [9.17, 15) is 14.4 Å². The van der Waals surface area contributed by atoms with Gasteiger partial charge in [-0.3, -0.25) is 19.3 Å². The Hall–Kier alpha value is -1.28. The van der Waals surface area contributed by atoms with E-state index in [1.807, 2.05) is 31.1 Å². The van der Waals surface area contributed by atoms with Gasteiger partial charge in [-0.15, -0.1) is 0 Å². The fraction of sp³-hybridized carbons (Fsp3) is 0.421. The van der Waals surface area contributed by atoms with E-state index in [1.165, 1.54) is 30.4 Å². The van der Waals surface area contributed by atoms with Crippen LogP contribution in [0.2, 0.25) is 5.02 Å². The molecule has 8 heteroatoms. The maximum absolute atomic E-state index is 12.8. The number of rotatable bonds is 3. The zero-order valence-electron chi connectivity index (χ0n) is 15.2. The molecule has 27 heavy (non-hydrogen) atoms. The summed E-state index contributed by atoms with van der Waals surface area (Å²) in [6.45, 7) is 1.36. The predicted octanol–water partition coefficient (Wildman–Crippen LogP) is 3.82. The molecule has 1 aromatic rings. The molecule has 2 unspecified atom stereocenters. The molecule has 1 heterocycles. The Labute approximate surface area is 171 Å². The molecule has 1 saturated carbocycles. The van der Waals surface area contributed by atoms with Crippen LogP contribution in [-0.4, -0.2) is 47.3 Å². The normalized spacial score (nSPS) is 26.0. The number of likely N-dealkylation sites (N-methyl/N-ethyl adjacent to an activating group) is 1. The van der Waals surface area contributed by atoms with Crippen molar-refractivity contribution in [3.63, 3.8) is 0 Å². The minimum absolute atomic E-state index is 0.128. The smallest absolute Gasteiger partial charge is 0.303 e. The molecule has 0 amide bonds. The van der Waals surface area contributed by atoms with Gasteiger partial charge in [-0.25, -0.2) is 0 Å². The first-order valence-corrected chi connectivity index (χ1v) is 10.6. The highest BCUT2D eigenvalue weighted by Crippen LogP contribution is 2.51. The monoisotopic (exact) mass is 425 g/mol. The fourth-order valence-corrected chi connectivity index (χ4v) is 6.45. The molecule has 0 N–H and O–H groups in total. The fourth-order valence-electron chi connectivity index (χ4n) is 3.15. The first kappa shape index (κ1) is 20.5. The number of ether oxygens (including phenoxy) is 1. The number of hydrogen-bond donors (Lipinski definition) is 0. The molecule has 1 aliphatic heterocycles. The molecule has 3 rings (SSSR count). The van der Waals surface area contributed by atoms with Crippen LogP contribution in [0.1, 0.15) is 31.2 Å². The number of esters is 1. The van der Waals surface area contributed by atoms with Gasteiger partial charge in [0.05, 0.1) is 9.81 Å². The largest absolute Gasteiger partial charge is 0.448 e. The lowest BCUT2D eigenvalue weighted by Gasteiger charge is -2.23. The van der Waals surface area contributed by atoms with Crippen LogP contribution in [-0.2, 0) is 19.1 Å². The summed E-state index contributed by atoms with van der Waals surface area (Å²) in [5.41, 5.74) is 0.761. The van der Waals surface area contributed by atoms with Gasteiger partial charge in [0, 0.05) is 24.8 Å². The average Bonchev–Trinajstić information content (AvgIpc) is 2.97. The number of hydrogen-bond acceptors (Lipinski definition) is 7. The van der Waals surface area contributed by atoms with E-state index in [1.54, 1.807) is 12.1 Å². The maximum Gasteiger partial charge on any atom is 0.303 e. The topological polar surface area (TPSA) is 63.7 Å². The van der Waals surface area contributed by atoms with Crippen LogP contribution in [0.25, 0.3) is 0 Å². The Bertz CT molecular complexity index is 786. The van der Waals surface area contributed by atoms with Crippen molar-refractivity contribution in [2.45, 2.75) is 36.5 Å². The van der Waals surface area contributed by atoms with Crippen molar-refractivity contribution in [3.05, 3.63) is 44.7 Å². The first-order valence-electron chi connectivity index (χ1n) is 8.49. The van der Waals surface area contributed by atoms with E-state index in [2.05, 4.69) is 0 Å². The number of ketones is 2. The minimum Gasteiger partial charge on any atom is -0.448 e. The molecule has 5 nitrogen and oxygen atoms in total. The van der Waals surface area contributed by atoms with E-state index in [0.29, 0.717) is 9.26 Å². The third-order valence-electron chi connectivity index (χ3n) is 4.44. The van der Waals surface area contributed by atoms with Gasteiger partial charge in [0.2, 0.25) is 0 Å². The SMILES string of the molecule is CC(=O)OC1SC(=C2C(=O)CC(c3ccc(Cl)cc3)CC2=O)SC1N(C)C. The molecule has 0 bridgehead atoms. The lowest BCUT2D eigenvalue weighted by Crippen LogP contribution is -2.33. The third-order valence-corrected chi connectivity index (χ3v) is 7.78. The standard InChI is InChI=1S/C19H20ClNO4S2/c1-10(22)25-18-17(21(2)3)26-19(27-18)16-14(23)8-12(9-15(16)24)11-4-6-13(20)7-5-11/h4-7,12,17-18H,8-9H2,1-3H3. The van der Waals surface area contributed by atoms with Crippen LogP contribution < -0.4 is 0 Å². The van der Waals surface area contributed by atoms with Gasteiger partial charge in [0.1, 0.15) is 5.37 Å². The van der Waals surface area contributed by atoms with Crippen LogP contribution in [0.5, 0.6) is 0 Å². The van der Waals surface area contributed by atoms with Crippen LogP contribution in [0, 0.1) is 0 Å². The summed E-state index contributed by atoms with van der Waals surface area (Å²) in [4.78, 5) is 38.9. The Kier molecular flexibility index (Phi) is 6.35. The van der Waals surface area contributed by atoms with Crippen molar-refractivity contribution < 1.29 is 19.1 Å². The Morgan fingerprint density at radius 2 is 1.70 bits per heavy atom. The number of allylic oxidation sites excluding steroid dienone is 1. The van der Waals surface area contributed by atoms with E-state index in [4.69, 9.17) is 16.3 Å². The van der Waals surface area contributed by atoms with Gasteiger partial charge in [0.15, 0.2) is 17.0 Å². The average molecular weight is 426 g/mol. The van der Waals surface area contributed by atoms with Gasteiger partial charge >= 0.3 is 5.97 Å². The number of halogens is 1. The Morgan fingerprint density at radius 1 is 1.11 bits per heavy atom. The second-order valence-corrected chi connectivity index (χ2v) is 9.66. The molecule has 2 aliphatic rings. The number of benzene rings is 1. The van der Waals surface area contributed by atoms with E-state index in [0.717, 1.165) is 5.56 Å². The maximum atomic E-state index is 12.8. The Balaban J connectivity index is 1.83. The number of Topliss-reactive ketones (excluding diaryl/α,β-unsaturated/α-hetero) is 2. The van der Waals surface area contributed by atoms with Crippen LogP contribution in [0.15, 0.2) is 34.1 Å². The number of nitrogens with zero attached hydrogens (tertiary/aromatic N) is 1. The highest BCUT2D eigenvalue weighted by atomic mass is 35.5. The van der Waals surface area contributed by atoms with Gasteiger partial charge in [-0.2, -0.15) is 0 Å². The van der Waals surface area contributed by atoms with E-state index < -0.39 is 5.44 Å². The molecule has 2 fully saturated rings. The van der Waals surface area contributed by atoms with Crippen molar-refractivity contribution in [2.75, 3.05) is 14.1 Å².